The zero-order valence-corrected chi connectivity index (χ0v) is 11.5. The Hall–Kier alpha value is -1.61. The third kappa shape index (κ3) is 3.44. The molecule has 2 N–H and O–H groups in total. The molecule has 94 valence electrons. The number of methoxy groups -OCH3 is 1. The summed E-state index contributed by atoms with van der Waals surface area (Å²) in [6.07, 6.45) is 0. The molecule has 0 unspecified atom stereocenters. The van der Waals surface area contributed by atoms with Crippen LogP contribution in [0.4, 0.5) is 5.69 Å². The average molecular weight is 259 g/mol. The van der Waals surface area contributed by atoms with E-state index in [9.17, 15) is 0 Å². The monoisotopic (exact) mass is 259 g/mol. The summed E-state index contributed by atoms with van der Waals surface area (Å²) in [6.45, 7) is 2.11. The van der Waals surface area contributed by atoms with Crippen LogP contribution in [0.25, 0.3) is 0 Å². The quantitative estimate of drug-likeness (QED) is 0.668. The van der Waals surface area contributed by atoms with E-state index in [2.05, 4.69) is 31.2 Å². The summed E-state index contributed by atoms with van der Waals surface area (Å²) in [4.78, 5) is 1.13. The lowest BCUT2D eigenvalue weighted by molar-refractivity contribution is 0.414. The van der Waals surface area contributed by atoms with E-state index >= 15 is 0 Å². The molecule has 0 amide bonds. The van der Waals surface area contributed by atoms with Gasteiger partial charge in [-0.1, -0.05) is 29.8 Å². The Balaban J connectivity index is 2.08. The second-order valence-electron chi connectivity index (χ2n) is 4.22. The summed E-state index contributed by atoms with van der Waals surface area (Å²) in [7, 11) is 1.66. The van der Waals surface area contributed by atoms with Gasteiger partial charge in [-0.15, -0.1) is 11.8 Å². The van der Waals surface area contributed by atoms with Gasteiger partial charge in [-0.25, -0.2) is 0 Å². The molecule has 0 fully saturated rings. The molecule has 0 saturated heterocycles. The molecule has 0 aliphatic heterocycles. The van der Waals surface area contributed by atoms with Crippen LogP contribution in [0.3, 0.4) is 0 Å². The van der Waals surface area contributed by atoms with E-state index in [0.717, 1.165) is 22.1 Å². The minimum Gasteiger partial charge on any atom is -0.497 e. The molecule has 0 atom stereocenters. The standard InChI is InChI=1S/C15H17NOS/c1-11-4-3-5-12(6-11)10-18-15-8-13(16)7-14(9-15)17-2/h3-9H,10,16H2,1-2H3. The predicted molar refractivity (Wildman–Crippen MR) is 78.1 cm³/mol. The second-order valence-corrected chi connectivity index (χ2v) is 5.27. The number of nitrogens with two attached hydrogens (primary N) is 1. The number of aryl methyl sites for hydroxylation is 1. The van der Waals surface area contributed by atoms with E-state index in [-0.39, 0.29) is 0 Å². The highest BCUT2D eigenvalue weighted by atomic mass is 32.2. The summed E-state index contributed by atoms with van der Waals surface area (Å²) < 4.78 is 5.21. The molecule has 0 aliphatic carbocycles. The molecular weight excluding hydrogens is 242 g/mol. The first kappa shape index (κ1) is 12.8. The number of anilines is 1. The van der Waals surface area contributed by atoms with Gasteiger partial charge < -0.3 is 10.5 Å². The fourth-order valence-corrected chi connectivity index (χ4v) is 2.70. The zero-order valence-electron chi connectivity index (χ0n) is 10.6. The highest BCUT2D eigenvalue weighted by Crippen LogP contribution is 2.29. The SMILES string of the molecule is COc1cc(N)cc(SCc2cccc(C)c2)c1. The summed E-state index contributed by atoms with van der Waals surface area (Å²) in [6, 6.07) is 14.4. The molecule has 0 spiro atoms. The first-order chi connectivity index (χ1) is 8.67. The molecule has 0 heterocycles. The van der Waals surface area contributed by atoms with Gasteiger partial charge in [0.15, 0.2) is 0 Å². The van der Waals surface area contributed by atoms with Crippen LogP contribution in [-0.4, -0.2) is 7.11 Å². The number of ether oxygens (including phenoxy) is 1. The number of rotatable bonds is 4. The maximum atomic E-state index is 5.83. The van der Waals surface area contributed by atoms with Gasteiger partial charge in [-0.2, -0.15) is 0 Å². The molecular formula is C15H17NOS. The predicted octanol–water partition coefficient (Wildman–Crippen LogP) is 3.88. The van der Waals surface area contributed by atoms with E-state index in [1.54, 1.807) is 18.9 Å². The van der Waals surface area contributed by atoms with E-state index < -0.39 is 0 Å². The van der Waals surface area contributed by atoms with Crippen molar-refractivity contribution in [1.29, 1.82) is 0 Å². The molecule has 0 bridgehead atoms. The van der Waals surface area contributed by atoms with Crippen molar-refractivity contribution in [3.05, 3.63) is 53.6 Å². The highest BCUT2D eigenvalue weighted by Gasteiger charge is 2.01. The van der Waals surface area contributed by atoms with Gasteiger partial charge >= 0.3 is 0 Å². The summed E-state index contributed by atoms with van der Waals surface area (Å²) in [5.41, 5.74) is 9.18. The van der Waals surface area contributed by atoms with Crippen LogP contribution in [-0.2, 0) is 5.75 Å². The molecule has 2 nitrogen and oxygen atoms in total. The van der Waals surface area contributed by atoms with Crippen molar-refractivity contribution < 1.29 is 4.74 Å². The molecule has 0 radical (unpaired) electrons. The Morgan fingerprint density at radius 1 is 1.17 bits per heavy atom. The van der Waals surface area contributed by atoms with Gasteiger partial charge in [0, 0.05) is 22.4 Å². The molecule has 3 heteroatoms. The lowest BCUT2D eigenvalue weighted by Crippen LogP contribution is -1.89. The topological polar surface area (TPSA) is 35.2 Å². The largest absolute Gasteiger partial charge is 0.497 e. The number of hydrogen-bond acceptors (Lipinski definition) is 3. The van der Waals surface area contributed by atoms with Gasteiger partial charge in [-0.3, -0.25) is 0 Å². The number of hydrogen-bond donors (Lipinski definition) is 1. The smallest absolute Gasteiger partial charge is 0.122 e. The first-order valence-electron chi connectivity index (χ1n) is 5.80. The van der Waals surface area contributed by atoms with Crippen molar-refractivity contribution in [3.8, 4) is 5.75 Å². The Labute approximate surface area is 112 Å². The molecule has 2 rings (SSSR count). The van der Waals surface area contributed by atoms with Gasteiger partial charge in [-0.05, 0) is 24.6 Å². The van der Waals surface area contributed by atoms with E-state index in [0.29, 0.717) is 0 Å². The molecule has 0 saturated carbocycles. The van der Waals surface area contributed by atoms with Crippen molar-refractivity contribution >= 4 is 17.4 Å². The Morgan fingerprint density at radius 2 is 2.00 bits per heavy atom. The minimum absolute atomic E-state index is 0.737. The zero-order chi connectivity index (χ0) is 13.0. The average Bonchev–Trinajstić information content (AvgIpc) is 2.36. The van der Waals surface area contributed by atoms with Crippen LogP contribution >= 0.6 is 11.8 Å². The van der Waals surface area contributed by atoms with Crippen molar-refractivity contribution in [3.63, 3.8) is 0 Å². The number of benzene rings is 2. The molecule has 2 aromatic carbocycles. The van der Waals surface area contributed by atoms with Crippen LogP contribution in [0, 0.1) is 6.92 Å². The van der Waals surface area contributed by atoms with Gasteiger partial charge in [0.25, 0.3) is 0 Å². The Morgan fingerprint density at radius 3 is 2.72 bits per heavy atom. The van der Waals surface area contributed by atoms with E-state index in [4.69, 9.17) is 10.5 Å². The van der Waals surface area contributed by atoms with Crippen LogP contribution < -0.4 is 10.5 Å². The van der Waals surface area contributed by atoms with Crippen molar-refractivity contribution in [2.45, 2.75) is 17.6 Å². The summed E-state index contributed by atoms with van der Waals surface area (Å²) in [5, 5.41) is 0. The van der Waals surface area contributed by atoms with Crippen LogP contribution in [0.1, 0.15) is 11.1 Å². The lowest BCUT2D eigenvalue weighted by atomic mass is 10.2. The molecule has 2 aromatic rings. The third-order valence-electron chi connectivity index (χ3n) is 2.63. The van der Waals surface area contributed by atoms with Crippen molar-refractivity contribution in [2.24, 2.45) is 0 Å². The number of thioether (sulfide) groups is 1. The lowest BCUT2D eigenvalue weighted by Gasteiger charge is -2.07. The third-order valence-corrected chi connectivity index (χ3v) is 3.67. The molecule has 18 heavy (non-hydrogen) atoms. The van der Waals surface area contributed by atoms with Gasteiger partial charge in [0.05, 0.1) is 7.11 Å². The number of nitrogen functional groups attached to an aromatic ring is 1. The van der Waals surface area contributed by atoms with Crippen molar-refractivity contribution in [2.75, 3.05) is 12.8 Å². The van der Waals surface area contributed by atoms with Crippen molar-refractivity contribution in [1.82, 2.24) is 0 Å². The minimum atomic E-state index is 0.737. The normalized spacial score (nSPS) is 10.3. The van der Waals surface area contributed by atoms with E-state index in [1.165, 1.54) is 11.1 Å². The fraction of sp³-hybridized carbons (Fsp3) is 0.200. The van der Waals surface area contributed by atoms with Crippen LogP contribution in [0.15, 0.2) is 47.4 Å². The van der Waals surface area contributed by atoms with Gasteiger partial charge in [0.1, 0.15) is 5.75 Å². The maximum absolute atomic E-state index is 5.83. The molecule has 0 aliphatic rings. The van der Waals surface area contributed by atoms with E-state index in [1.807, 2.05) is 18.2 Å². The Bertz CT molecular complexity index is 540. The first-order valence-corrected chi connectivity index (χ1v) is 6.79. The fourth-order valence-electron chi connectivity index (χ4n) is 1.76. The summed E-state index contributed by atoms with van der Waals surface area (Å²) >= 11 is 1.77. The highest BCUT2D eigenvalue weighted by molar-refractivity contribution is 7.98. The molecule has 0 aromatic heterocycles. The van der Waals surface area contributed by atoms with Crippen LogP contribution in [0.2, 0.25) is 0 Å². The second kappa shape index (κ2) is 5.83. The Kier molecular flexibility index (Phi) is 4.15. The van der Waals surface area contributed by atoms with Gasteiger partial charge in [0.2, 0.25) is 0 Å². The summed E-state index contributed by atoms with van der Waals surface area (Å²) in [5.74, 6) is 1.75. The van der Waals surface area contributed by atoms with Crippen LogP contribution in [0.5, 0.6) is 5.75 Å². The maximum Gasteiger partial charge on any atom is 0.122 e.